The standard InChI is InChI=1S/C4H6O7S.H2O4S/c5-3(6)1-2(4(7)8)12(9,10)11;1-5(2,3)4/h2H,1H2,(H,5,6)(H,7,8)(H,9,10,11);(H2,1,2,3,4). The van der Waals surface area contributed by atoms with Crippen molar-refractivity contribution in [1.29, 1.82) is 0 Å². The Balaban J connectivity index is 0. The molecule has 5 N–H and O–H groups in total. The van der Waals surface area contributed by atoms with Gasteiger partial charge in [-0.1, -0.05) is 0 Å². The van der Waals surface area contributed by atoms with Gasteiger partial charge in [0.15, 0.2) is 5.25 Å². The molecule has 0 aromatic heterocycles. The summed E-state index contributed by atoms with van der Waals surface area (Å²) in [4.78, 5) is 20.0. The van der Waals surface area contributed by atoms with Crippen LogP contribution in [0.5, 0.6) is 0 Å². The summed E-state index contributed by atoms with van der Waals surface area (Å²) < 4.78 is 60.2. The van der Waals surface area contributed by atoms with E-state index in [1.165, 1.54) is 0 Å². The Morgan fingerprint density at radius 2 is 1.24 bits per heavy atom. The number of hydrogen-bond acceptors (Lipinski definition) is 6. The van der Waals surface area contributed by atoms with E-state index in [0.717, 1.165) is 0 Å². The highest BCUT2D eigenvalue weighted by Gasteiger charge is 2.33. The van der Waals surface area contributed by atoms with Crippen LogP contribution in [0.4, 0.5) is 0 Å². The smallest absolute Gasteiger partial charge is 0.394 e. The number of aliphatic carboxylic acids is 2. The molecule has 0 saturated carbocycles. The quantitative estimate of drug-likeness (QED) is 0.364. The Morgan fingerprint density at radius 3 is 1.29 bits per heavy atom. The maximum atomic E-state index is 10.2. The molecule has 13 heteroatoms. The lowest BCUT2D eigenvalue weighted by molar-refractivity contribution is -0.143. The predicted molar refractivity (Wildman–Crippen MR) is 49.4 cm³/mol. The third kappa shape index (κ3) is 14.7. The summed E-state index contributed by atoms with van der Waals surface area (Å²) in [6.07, 6.45) is -1.16. The molecule has 0 aromatic rings. The van der Waals surface area contributed by atoms with Crippen molar-refractivity contribution in [2.24, 2.45) is 0 Å². The molecule has 0 saturated heterocycles. The average Bonchev–Trinajstić information content (AvgIpc) is 1.93. The van der Waals surface area contributed by atoms with Crippen molar-refractivity contribution in [3.05, 3.63) is 0 Å². The maximum absolute atomic E-state index is 10.2. The Bertz CT molecular complexity index is 462. The van der Waals surface area contributed by atoms with Crippen LogP contribution in [0.15, 0.2) is 0 Å². The second-order valence-electron chi connectivity index (χ2n) is 2.39. The molecule has 0 bridgehead atoms. The lowest BCUT2D eigenvalue weighted by atomic mass is 10.3. The van der Waals surface area contributed by atoms with Crippen LogP contribution in [0.2, 0.25) is 0 Å². The van der Waals surface area contributed by atoms with Crippen LogP contribution < -0.4 is 0 Å². The van der Waals surface area contributed by atoms with E-state index in [1.54, 1.807) is 0 Å². The first-order valence-corrected chi connectivity index (χ1v) is 6.26. The first kappa shape index (κ1) is 18.1. The van der Waals surface area contributed by atoms with Crippen molar-refractivity contribution >= 4 is 32.5 Å². The van der Waals surface area contributed by atoms with Gasteiger partial charge in [-0.05, 0) is 0 Å². The second-order valence-corrected chi connectivity index (χ2v) is 4.88. The lowest BCUT2D eigenvalue weighted by Crippen LogP contribution is -2.31. The Labute approximate surface area is 95.0 Å². The fourth-order valence-corrected chi connectivity index (χ4v) is 1.09. The first-order valence-electron chi connectivity index (χ1n) is 3.36. The van der Waals surface area contributed by atoms with E-state index in [-0.39, 0.29) is 0 Å². The van der Waals surface area contributed by atoms with E-state index in [9.17, 15) is 18.0 Å². The van der Waals surface area contributed by atoms with Crippen molar-refractivity contribution < 1.29 is 50.3 Å². The van der Waals surface area contributed by atoms with Crippen molar-refractivity contribution in [2.75, 3.05) is 0 Å². The molecular weight excluding hydrogens is 288 g/mol. The van der Waals surface area contributed by atoms with E-state index in [0.29, 0.717) is 0 Å². The fourth-order valence-electron chi connectivity index (χ4n) is 0.479. The zero-order valence-corrected chi connectivity index (χ0v) is 9.42. The van der Waals surface area contributed by atoms with Gasteiger partial charge in [0.1, 0.15) is 0 Å². The normalized spacial score (nSPS) is 13.1. The highest BCUT2D eigenvalue weighted by atomic mass is 32.3. The molecule has 0 amide bonds. The molecule has 11 nitrogen and oxygen atoms in total. The highest BCUT2D eigenvalue weighted by Crippen LogP contribution is 2.04. The molecule has 0 spiro atoms. The van der Waals surface area contributed by atoms with Crippen LogP contribution in [0.1, 0.15) is 6.42 Å². The summed E-state index contributed by atoms with van der Waals surface area (Å²) in [7, 11) is -9.51. The van der Waals surface area contributed by atoms with Gasteiger partial charge in [0.2, 0.25) is 0 Å². The first-order chi connectivity index (χ1) is 7.25. The minimum atomic E-state index is -4.84. The molecular formula is C4H8O11S2. The van der Waals surface area contributed by atoms with Gasteiger partial charge < -0.3 is 10.2 Å². The summed E-state index contributed by atoms with van der Waals surface area (Å²) in [5.41, 5.74) is 0. The van der Waals surface area contributed by atoms with Crippen LogP contribution in [0, 0.1) is 0 Å². The summed E-state index contributed by atoms with van der Waals surface area (Å²) in [5, 5.41) is 13.9. The molecule has 0 aliphatic carbocycles. The van der Waals surface area contributed by atoms with Crippen LogP contribution in [-0.4, -0.2) is 57.9 Å². The van der Waals surface area contributed by atoms with E-state index in [4.69, 9.17) is 32.3 Å². The zero-order valence-electron chi connectivity index (χ0n) is 7.79. The fraction of sp³-hybridized carbons (Fsp3) is 0.500. The summed E-state index contributed by atoms with van der Waals surface area (Å²) in [6.45, 7) is 0. The minimum absolute atomic E-state index is 1.16. The number of hydrogen-bond donors (Lipinski definition) is 5. The number of rotatable bonds is 4. The van der Waals surface area contributed by atoms with Crippen molar-refractivity contribution in [1.82, 2.24) is 0 Å². The van der Waals surface area contributed by atoms with Crippen molar-refractivity contribution in [3.63, 3.8) is 0 Å². The molecule has 0 heterocycles. The lowest BCUT2D eigenvalue weighted by Gasteiger charge is -2.04. The van der Waals surface area contributed by atoms with E-state index < -0.39 is 44.1 Å². The molecule has 1 atom stereocenters. The van der Waals surface area contributed by atoms with Crippen LogP contribution in [0.25, 0.3) is 0 Å². The molecule has 0 aliphatic rings. The third-order valence-corrected chi connectivity index (χ3v) is 2.08. The van der Waals surface area contributed by atoms with Gasteiger partial charge in [0, 0.05) is 0 Å². The van der Waals surface area contributed by atoms with Crippen LogP contribution in [-0.2, 0) is 30.1 Å². The molecule has 1 unspecified atom stereocenters. The van der Waals surface area contributed by atoms with Gasteiger partial charge in [0.25, 0.3) is 10.1 Å². The van der Waals surface area contributed by atoms with E-state index >= 15 is 0 Å². The molecule has 0 aliphatic heterocycles. The Kier molecular flexibility index (Phi) is 6.87. The van der Waals surface area contributed by atoms with Gasteiger partial charge in [-0.25, -0.2) is 0 Å². The molecule has 0 rings (SSSR count). The molecule has 0 radical (unpaired) electrons. The SMILES string of the molecule is O=C(O)CC(C(=O)O)S(=O)(=O)O.O=S(=O)(O)O. The highest BCUT2D eigenvalue weighted by molar-refractivity contribution is 7.87. The van der Waals surface area contributed by atoms with E-state index in [2.05, 4.69) is 0 Å². The summed E-state index contributed by atoms with van der Waals surface area (Å²) in [6, 6.07) is 0. The number of carboxylic acid groups (broad SMARTS) is 2. The molecule has 0 aromatic carbocycles. The summed E-state index contributed by atoms with van der Waals surface area (Å²) in [5.74, 6) is -3.50. The van der Waals surface area contributed by atoms with Crippen LogP contribution >= 0.6 is 0 Å². The zero-order chi connectivity index (χ0) is 14.4. The van der Waals surface area contributed by atoms with E-state index in [1.807, 2.05) is 0 Å². The Hall–Kier alpha value is -1.28. The van der Waals surface area contributed by atoms with Crippen molar-refractivity contribution in [3.8, 4) is 0 Å². The van der Waals surface area contributed by atoms with Crippen LogP contribution in [0.3, 0.4) is 0 Å². The van der Waals surface area contributed by atoms with Gasteiger partial charge in [-0.15, -0.1) is 0 Å². The maximum Gasteiger partial charge on any atom is 0.394 e. The van der Waals surface area contributed by atoms with Gasteiger partial charge in [-0.2, -0.15) is 16.8 Å². The van der Waals surface area contributed by atoms with Gasteiger partial charge >= 0.3 is 22.3 Å². The second kappa shape index (κ2) is 6.45. The molecule has 17 heavy (non-hydrogen) atoms. The monoisotopic (exact) mass is 296 g/mol. The average molecular weight is 296 g/mol. The van der Waals surface area contributed by atoms with Gasteiger partial charge in [-0.3, -0.25) is 23.2 Å². The third-order valence-electron chi connectivity index (χ3n) is 0.995. The Morgan fingerprint density at radius 1 is 0.941 bits per heavy atom. The largest absolute Gasteiger partial charge is 0.481 e. The predicted octanol–water partition coefficient (Wildman–Crippen LogP) is -1.85. The number of carbonyl (C=O) groups is 2. The molecule has 102 valence electrons. The minimum Gasteiger partial charge on any atom is -0.481 e. The summed E-state index contributed by atoms with van der Waals surface area (Å²) >= 11 is 0. The number of carboxylic acids is 2. The topological polar surface area (TPSA) is 204 Å². The van der Waals surface area contributed by atoms with Crippen molar-refractivity contribution in [2.45, 2.75) is 11.7 Å². The molecule has 0 fully saturated rings. The van der Waals surface area contributed by atoms with Gasteiger partial charge in [0.05, 0.1) is 6.42 Å².